The molecule has 1 aromatic heterocycles. The number of amides is 2. The molecular formula is C18H21N3O3. The largest absolute Gasteiger partial charge is 0.354 e. The van der Waals surface area contributed by atoms with E-state index in [2.05, 4.69) is 10.3 Å². The molecule has 0 unspecified atom stereocenters. The normalized spacial score (nSPS) is 10.4. The fourth-order valence-electron chi connectivity index (χ4n) is 2.69. The predicted octanol–water partition coefficient (Wildman–Crippen LogP) is 2.79. The Kier molecular flexibility index (Phi) is 4.87. The van der Waals surface area contributed by atoms with Crippen LogP contribution in [0.15, 0.2) is 24.3 Å². The lowest BCUT2D eigenvalue weighted by molar-refractivity contribution is 0.0827. The van der Waals surface area contributed by atoms with Crippen LogP contribution in [0.4, 0.5) is 5.69 Å². The molecule has 0 saturated heterocycles. The Balaban J connectivity index is 2.28. The number of ketones is 1. The number of aromatic amines is 1. The number of hydrogen-bond donors (Lipinski definition) is 2. The van der Waals surface area contributed by atoms with Gasteiger partial charge in [-0.05, 0) is 44.5 Å². The number of carbonyl (C=O) groups excluding carboxylic acids is 3. The van der Waals surface area contributed by atoms with Crippen molar-refractivity contribution in [1.29, 1.82) is 0 Å². The van der Waals surface area contributed by atoms with Crippen molar-refractivity contribution in [3.05, 3.63) is 52.3 Å². The van der Waals surface area contributed by atoms with Crippen LogP contribution in [-0.2, 0) is 0 Å². The zero-order valence-corrected chi connectivity index (χ0v) is 14.5. The molecule has 0 atom stereocenters. The van der Waals surface area contributed by atoms with Crippen molar-refractivity contribution < 1.29 is 14.4 Å². The average Bonchev–Trinajstić information content (AvgIpc) is 2.81. The average molecular weight is 327 g/mol. The number of carbonyl (C=O) groups is 3. The van der Waals surface area contributed by atoms with E-state index in [1.165, 1.54) is 11.8 Å². The zero-order chi connectivity index (χ0) is 18.0. The monoisotopic (exact) mass is 327 g/mol. The quantitative estimate of drug-likeness (QED) is 0.847. The maximum Gasteiger partial charge on any atom is 0.272 e. The number of aromatic nitrogens is 1. The van der Waals surface area contributed by atoms with Gasteiger partial charge in [0.2, 0.25) is 0 Å². The minimum Gasteiger partial charge on any atom is -0.354 e. The first kappa shape index (κ1) is 17.5. The van der Waals surface area contributed by atoms with Crippen LogP contribution in [0.3, 0.4) is 0 Å². The molecule has 6 nitrogen and oxygen atoms in total. The highest BCUT2D eigenvalue weighted by atomic mass is 16.2. The van der Waals surface area contributed by atoms with Gasteiger partial charge in [0, 0.05) is 36.6 Å². The van der Waals surface area contributed by atoms with Crippen molar-refractivity contribution in [3.8, 4) is 0 Å². The number of anilines is 1. The number of nitrogens with one attached hydrogen (secondary N) is 2. The third-order valence-corrected chi connectivity index (χ3v) is 3.79. The molecule has 24 heavy (non-hydrogen) atoms. The molecule has 2 N–H and O–H groups in total. The number of nitrogens with zero attached hydrogens (tertiary/aromatic N) is 1. The Morgan fingerprint density at radius 1 is 1.12 bits per heavy atom. The van der Waals surface area contributed by atoms with Gasteiger partial charge in [0.05, 0.1) is 0 Å². The Morgan fingerprint density at radius 2 is 1.79 bits per heavy atom. The van der Waals surface area contributed by atoms with Gasteiger partial charge in [-0.1, -0.05) is 6.07 Å². The number of aryl methyl sites for hydroxylation is 1. The summed E-state index contributed by atoms with van der Waals surface area (Å²) >= 11 is 0. The SMILES string of the molecule is CC(=O)c1c(C)[nH]c(C(=O)Nc2cccc(C(=O)N(C)C)c2)c1C. The zero-order valence-electron chi connectivity index (χ0n) is 14.5. The maximum absolute atomic E-state index is 12.5. The van der Waals surface area contributed by atoms with Crippen molar-refractivity contribution in [1.82, 2.24) is 9.88 Å². The number of benzene rings is 1. The van der Waals surface area contributed by atoms with Crippen molar-refractivity contribution in [3.63, 3.8) is 0 Å². The molecule has 0 aliphatic carbocycles. The molecular weight excluding hydrogens is 306 g/mol. The summed E-state index contributed by atoms with van der Waals surface area (Å²) in [7, 11) is 3.34. The minimum absolute atomic E-state index is 0.0844. The Morgan fingerprint density at radius 3 is 2.33 bits per heavy atom. The van der Waals surface area contributed by atoms with Gasteiger partial charge in [0.1, 0.15) is 5.69 Å². The van der Waals surface area contributed by atoms with Gasteiger partial charge in [0.15, 0.2) is 5.78 Å². The lowest BCUT2D eigenvalue weighted by atomic mass is 10.1. The third kappa shape index (κ3) is 3.37. The molecule has 0 aliphatic heterocycles. The number of rotatable bonds is 4. The van der Waals surface area contributed by atoms with E-state index >= 15 is 0 Å². The number of hydrogen-bond acceptors (Lipinski definition) is 3. The number of Topliss-reactive ketones (excluding diaryl/α,β-unsaturated/α-hetero) is 1. The van der Waals surface area contributed by atoms with Crippen LogP contribution in [0.2, 0.25) is 0 Å². The summed E-state index contributed by atoms with van der Waals surface area (Å²) < 4.78 is 0. The summed E-state index contributed by atoms with van der Waals surface area (Å²) in [6.07, 6.45) is 0. The first-order chi connectivity index (χ1) is 11.2. The third-order valence-electron chi connectivity index (χ3n) is 3.79. The van der Waals surface area contributed by atoms with E-state index in [0.29, 0.717) is 33.8 Å². The molecule has 1 aromatic carbocycles. The van der Waals surface area contributed by atoms with Gasteiger partial charge in [0.25, 0.3) is 11.8 Å². The van der Waals surface area contributed by atoms with Gasteiger partial charge in [-0.2, -0.15) is 0 Å². The molecule has 0 saturated carbocycles. The highest BCUT2D eigenvalue weighted by Crippen LogP contribution is 2.20. The van der Waals surface area contributed by atoms with Crippen LogP contribution in [0.25, 0.3) is 0 Å². The molecule has 0 radical (unpaired) electrons. The molecule has 126 valence electrons. The molecule has 6 heteroatoms. The molecule has 2 aromatic rings. The second-order valence-electron chi connectivity index (χ2n) is 5.92. The lowest BCUT2D eigenvalue weighted by Crippen LogP contribution is -2.22. The van der Waals surface area contributed by atoms with Gasteiger partial charge in [-0.3, -0.25) is 14.4 Å². The second kappa shape index (κ2) is 6.70. The van der Waals surface area contributed by atoms with Crippen LogP contribution >= 0.6 is 0 Å². The summed E-state index contributed by atoms with van der Waals surface area (Å²) in [6.45, 7) is 4.97. The molecule has 0 bridgehead atoms. The van der Waals surface area contributed by atoms with Crippen molar-refractivity contribution in [2.75, 3.05) is 19.4 Å². The fourth-order valence-corrected chi connectivity index (χ4v) is 2.69. The molecule has 2 amide bonds. The van der Waals surface area contributed by atoms with Crippen molar-refractivity contribution in [2.24, 2.45) is 0 Å². The summed E-state index contributed by atoms with van der Waals surface area (Å²) in [4.78, 5) is 40.6. The van der Waals surface area contributed by atoms with E-state index in [1.807, 2.05) is 0 Å². The van der Waals surface area contributed by atoms with E-state index in [-0.39, 0.29) is 17.6 Å². The van der Waals surface area contributed by atoms with E-state index in [4.69, 9.17) is 0 Å². The van der Waals surface area contributed by atoms with Gasteiger partial charge in [-0.15, -0.1) is 0 Å². The highest BCUT2D eigenvalue weighted by Gasteiger charge is 2.20. The topological polar surface area (TPSA) is 82.3 Å². The van der Waals surface area contributed by atoms with Crippen LogP contribution in [0.5, 0.6) is 0 Å². The van der Waals surface area contributed by atoms with E-state index < -0.39 is 0 Å². The predicted molar refractivity (Wildman–Crippen MR) is 92.7 cm³/mol. The number of H-pyrrole nitrogens is 1. The van der Waals surface area contributed by atoms with E-state index in [0.717, 1.165) is 0 Å². The summed E-state index contributed by atoms with van der Waals surface area (Å²) in [5, 5.41) is 2.76. The molecule has 0 fully saturated rings. The Hall–Kier alpha value is -2.89. The van der Waals surface area contributed by atoms with Crippen LogP contribution in [0.1, 0.15) is 49.4 Å². The van der Waals surface area contributed by atoms with Gasteiger partial charge in [-0.25, -0.2) is 0 Å². The summed E-state index contributed by atoms with van der Waals surface area (Å²) in [5.74, 6) is -0.576. The Bertz CT molecular complexity index is 819. The van der Waals surface area contributed by atoms with Gasteiger partial charge >= 0.3 is 0 Å². The van der Waals surface area contributed by atoms with Gasteiger partial charge < -0.3 is 15.2 Å². The first-order valence-corrected chi connectivity index (χ1v) is 7.55. The molecule has 0 aliphatic rings. The van der Waals surface area contributed by atoms with Crippen molar-refractivity contribution >= 4 is 23.3 Å². The van der Waals surface area contributed by atoms with E-state index in [1.54, 1.807) is 52.2 Å². The minimum atomic E-state index is -0.349. The van der Waals surface area contributed by atoms with Crippen LogP contribution in [-0.4, -0.2) is 41.6 Å². The molecule has 0 spiro atoms. The second-order valence-corrected chi connectivity index (χ2v) is 5.92. The Labute approximate surface area is 140 Å². The molecule has 1 heterocycles. The highest BCUT2D eigenvalue weighted by molar-refractivity contribution is 6.08. The van der Waals surface area contributed by atoms with Crippen molar-refractivity contribution in [2.45, 2.75) is 20.8 Å². The van der Waals surface area contributed by atoms with Crippen LogP contribution in [0, 0.1) is 13.8 Å². The fraction of sp³-hybridized carbons (Fsp3) is 0.278. The first-order valence-electron chi connectivity index (χ1n) is 7.55. The lowest BCUT2D eigenvalue weighted by Gasteiger charge is -2.11. The smallest absolute Gasteiger partial charge is 0.272 e. The molecule has 2 rings (SSSR count). The van der Waals surface area contributed by atoms with Crippen LogP contribution < -0.4 is 5.32 Å². The summed E-state index contributed by atoms with van der Waals surface area (Å²) in [6, 6.07) is 6.73. The summed E-state index contributed by atoms with van der Waals surface area (Å²) in [5.41, 5.74) is 3.18. The van der Waals surface area contributed by atoms with E-state index in [9.17, 15) is 14.4 Å². The standard InChI is InChI=1S/C18H21N3O3/c1-10-15(12(3)22)11(2)19-16(10)17(23)20-14-8-6-7-13(9-14)18(24)21(4)5/h6-9,19H,1-5H3,(H,20,23). The maximum atomic E-state index is 12.5.